The summed E-state index contributed by atoms with van der Waals surface area (Å²) >= 11 is 0. The summed E-state index contributed by atoms with van der Waals surface area (Å²) in [7, 11) is 1.45. The van der Waals surface area contributed by atoms with Crippen LogP contribution in [0.2, 0.25) is 0 Å². The monoisotopic (exact) mass is 305 g/mol. The Morgan fingerprint density at radius 2 is 1.91 bits per heavy atom. The van der Waals surface area contributed by atoms with Crippen LogP contribution in [0.1, 0.15) is 26.7 Å². The molecule has 8 heteroatoms. The number of hydrazine groups is 1. The Morgan fingerprint density at radius 3 is 2.50 bits per heavy atom. The number of likely N-dealkylation sites (N-methyl/N-ethyl adjacent to an activating group) is 1. The molecule has 2 rings (SSSR count). The maximum absolute atomic E-state index is 11.9. The molecular weight excluding hydrogens is 290 g/mol. The molecule has 0 aliphatic heterocycles. The Balaban J connectivity index is 1.82. The first-order valence-corrected chi connectivity index (χ1v) is 6.41. The maximum Gasteiger partial charge on any atom is 0.289 e. The van der Waals surface area contributed by atoms with Crippen LogP contribution in [0.3, 0.4) is 0 Å². The molecule has 0 fully saturated rings. The Labute approximate surface area is 126 Å². The highest BCUT2D eigenvalue weighted by molar-refractivity contribution is 5.97. The van der Waals surface area contributed by atoms with Gasteiger partial charge in [-0.2, -0.15) is 0 Å². The summed E-state index contributed by atoms with van der Waals surface area (Å²) in [5.41, 5.74) is 4.79. The normalized spacial score (nSPS) is 10.1. The van der Waals surface area contributed by atoms with Crippen molar-refractivity contribution in [3.8, 4) is 0 Å². The van der Waals surface area contributed by atoms with E-state index in [0.29, 0.717) is 11.3 Å². The number of carbonyl (C=O) groups is 3. The first-order valence-electron chi connectivity index (χ1n) is 6.41. The minimum atomic E-state index is -0.545. The highest BCUT2D eigenvalue weighted by Crippen LogP contribution is 2.07. The van der Waals surface area contributed by atoms with E-state index in [9.17, 15) is 14.4 Å². The minimum absolute atomic E-state index is 0.133. The lowest BCUT2D eigenvalue weighted by Crippen LogP contribution is -2.46. The van der Waals surface area contributed by atoms with E-state index in [4.69, 9.17) is 8.83 Å². The van der Waals surface area contributed by atoms with Gasteiger partial charge in [-0.1, -0.05) is 0 Å². The lowest BCUT2D eigenvalue weighted by Gasteiger charge is -2.15. The summed E-state index contributed by atoms with van der Waals surface area (Å²) in [5, 5.41) is 0. The highest BCUT2D eigenvalue weighted by atomic mass is 16.3. The SMILES string of the molecule is Cc1occc1C(=O)NNC(=O)CN(C)C(=O)c1ccco1. The number of nitrogens with zero attached hydrogens (tertiary/aromatic N) is 1. The molecule has 0 saturated heterocycles. The lowest BCUT2D eigenvalue weighted by molar-refractivity contribution is -0.122. The summed E-state index contributed by atoms with van der Waals surface area (Å²) < 4.78 is 9.95. The van der Waals surface area contributed by atoms with Crippen LogP contribution in [0.25, 0.3) is 0 Å². The Bertz CT molecular complexity index is 674. The van der Waals surface area contributed by atoms with Crippen molar-refractivity contribution >= 4 is 17.7 Å². The van der Waals surface area contributed by atoms with Crippen molar-refractivity contribution in [2.75, 3.05) is 13.6 Å². The first kappa shape index (κ1) is 15.4. The molecule has 0 saturated carbocycles. The Morgan fingerprint density at radius 1 is 1.14 bits per heavy atom. The third-order valence-electron chi connectivity index (χ3n) is 2.88. The van der Waals surface area contributed by atoms with E-state index in [2.05, 4.69) is 10.9 Å². The molecule has 2 heterocycles. The number of aryl methyl sites for hydroxylation is 1. The summed E-state index contributed by atoms with van der Waals surface area (Å²) in [6.45, 7) is 1.40. The van der Waals surface area contributed by atoms with Gasteiger partial charge < -0.3 is 13.7 Å². The number of rotatable bonds is 4. The number of furan rings is 2. The van der Waals surface area contributed by atoms with Gasteiger partial charge >= 0.3 is 0 Å². The van der Waals surface area contributed by atoms with Gasteiger partial charge in [-0.05, 0) is 25.1 Å². The number of nitrogens with one attached hydrogen (secondary N) is 2. The summed E-state index contributed by atoms with van der Waals surface area (Å²) in [6.07, 6.45) is 2.75. The van der Waals surface area contributed by atoms with Gasteiger partial charge in [0, 0.05) is 7.05 Å². The molecule has 0 aliphatic carbocycles. The molecule has 0 aliphatic rings. The molecule has 0 aromatic carbocycles. The molecule has 0 atom stereocenters. The van der Waals surface area contributed by atoms with Crippen LogP contribution in [-0.4, -0.2) is 36.2 Å². The minimum Gasteiger partial charge on any atom is -0.469 e. The zero-order chi connectivity index (χ0) is 16.1. The maximum atomic E-state index is 11.9. The van der Waals surface area contributed by atoms with E-state index in [1.165, 1.54) is 36.6 Å². The van der Waals surface area contributed by atoms with Gasteiger partial charge in [-0.15, -0.1) is 0 Å². The largest absolute Gasteiger partial charge is 0.469 e. The van der Waals surface area contributed by atoms with Crippen LogP contribution in [0.5, 0.6) is 0 Å². The Kier molecular flexibility index (Phi) is 4.62. The van der Waals surface area contributed by atoms with E-state index in [0.717, 1.165) is 0 Å². The van der Waals surface area contributed by atoms with Crippen LogP contribution in [0, 0.1) is 6.92 Å². The van der Waals surface area contributed by atoms with Crippen LogP contribution >= 0.6 is 0 Å². The predicted octanol–water partition coefficient (Wildman–Crippen LogP) is 0.714. The van der Waals surface area contributed by atoms with Crippen LogP contribution in [-0.2, 0) is 4.79 Å². The number of hydrogen-bond donors (Lipinski definition) is 2. The van der Waals surface area contributed by atoms with Gasteiger partial charge in [0.15, 0.2) is 5.76 Å². The average Bonchev–Trinajstić information content (AvgIpc) is 3.15. The zero-order valence-electron chi connectivity index (χ0n) is 12.1. The van der Waals surface area contributed by atoms with Crippen LogP contribution in [0.15, 0.2) is 39.6 Å². The van der Waals surface area contributed by atoms with Crippen molar-refractivity contribution in [2.24, 2.45) is 0 Å². The third kappa shape index (κ3) is 3.54. The second-order valence-electron chi connectivity index (χ2n) is 4.53. The van der Waals surface area contributed by atoms with Crippen LogP contribution in [0.4, 0.5) is 0 Å². The lowest BCUT2D eigenvalue weighted by atomic mass is 10.2. The molecule has 2 N–H and O–H groups in total. The molecule has 22 heavy (non-hydrogen) atoms. The van der Waals surface area contributed by atoms with Crippen molar-refractivity contribution in [2.45, 2.75) is 6.92 Å². The van der Waals surface area contributed by atoms with Crippen molar-refractivity contribution in [3.05, 3.63) is 47.8 Å². The first-order chi connectivity index (χ1) is 10.5. The highest BCUT2D eigenvalue weighted by Gasteiger charge is 2.18. The fourth-order valence-electron chi connectivity index (χ4n) is 1.73. The zero-order valence-corrected chi connectivity index (χ0v) is 12.1. The van der Waals surface area contributed by atoms with Gasteiger partial charge in [0.2, 0.25) is 0 Å². The molecule has 2 aromatic heterocycles. The predicted molar refractivity (Wildman–Crippen MR) is 74.7 cm³/mol. The topological polar surface area (TPSA) is 105 Å². The summed E-state index contributed by atoms with van der Waals surface area (Å²) in [6, 6.07) is 4.57. The van der Waals surface area contributed by atoms with Crippen molar-refractivity contribution in [1.82, 2.24) is 15.8 Å². The van der Waals surface area contributed by atoms with E-state index in [1.54, 1.807) is 13.0 Å². The number of carbonyl (C=O) groups excluding carboxylic acids is 3. The third-order valence-corrected chi connectivity index (χ3v) is 2.88. The van der Waals surface area contributed by atoms with Crippen molar-refractivity contribution < 1.29 is 23.2 Å². The molecule has 116 valence electrons. The van der Waals surface area contributed by atoms with E-state index in [1.807, 2.05) is 0 Å². The number of hydrogen-bond acceptors (Lipinski definition) is 5. The van der Waals surface area contributed by atoms with Crippen molar-refractivity contribution in [1.29, 1.82) is 0 Å². The summed E-state index contributed by atoms with van der Waals surface area (Å²) in [5.74, 6) is -0.904. The fraction of sp³-hybridized carbons (Fsp3) is 0.214. The molecule has 0 unspecified atom stereocenters. The smallest absolute Gasteiger partial charge is 0.289 e. The Hall–Kier alpha value is -3.03. The van der Waals surface area contributed by atoms with Gasteiger partial charge in [0.05, 0.1) is 18.1 Å². The standard InChI is InChI=1S/C14H15N3O5/c1-9-10(5-7-21-9)13(19)16-15-12(18)8-17(2)14(20)11-4-3-6-22-11/h3-7H,8H2,1-2H3,(H,15,18)(H,16,19). The molecule has 8 nitrogen and oxygen atoms in total. The summed E-state index contributed by atoms with van der Waals surface area (Å²) in [4.78, 5) is 36.5. The van der Waals surface area contributed by atoms with Crippen LogP contribution < -0.4 is 10.9 Å². The molecular formula is C14H15N3O5. The van der Waals surface area contributed by atoms with E-state index < -0.39 is 17.7 Å². The van der Waals surface area contributed by atoms with Gasteiger partial charge in [0.1, 0.15) is 12.3 Å². The van der Waals surface area contributed by atoms with E-state index >= 15 is 0 Å². The van der Waals surface area contributed by atoms with Gasteiger partial charge in [-0.25, -0.2) is 0 Å². The quantitative estimate of drug-likeness (QED) is 0.810. The molecule has 0 bridgehead atoms. The van der Waals surface area contributed by atoms with Crippen molar-refractivity contribution in [3.63, 3.8) is 0 Å². The van der Waals surface area contributed by atoms with Gasteiger partial charge in [-0.3, -0.25) is 25.2 Å². The molecule has 0 radical (unpaired) electrons. The molecule has 3 amide bonds. The molecule has 0 spiro atoms. The second kappa shape index (κ2) is 6.61. The average molecular weight is 305 g/mol. The van der Waals surface area contributed by atoms with Gasteiger partial charge in [0.25, 0.3) is 17.7 Å². The molecule has 2 aromatic rings. The van der Waals surface area contributed by atoms with E-state index in [-0.39, 0.29) is 12.3 Å². The number of amides is 3. The fourth-order valence-corrected chi connectivity index (χ4v) is 1.73. The second-order valence-corrected chi connectivity index (χ2v) is 4.53.